The van der Waals surface area contributed by atoms with E-state index >= 15 is 0 Å². The Morgan fingerprint density at radius 1 is 1.41 bits per heavy atom. The Labute approximate surface area is 105 Å². The number of nitrogens with zero attached hydrogens (tertiary/aromatic N) is 2. The molecule has 0 aliphatic rings. The first-order chi connectivity index (χ1) is 7.94. The molecule has 0 saturated carbocycles. The number of hydrogen-bond donors (Lipinski definition) is 1. The van der Waals surface area contributed by atoms with E-state index < -0.39 is 0 Å². The SMILES string of the molecule is CCc1cc(CC(C)(N)C(C)CC)n(CC)n1. The second-order valence-electron chi connectivity index (χ2n) is 5.29. The van der Waals surface area contributed by atoms with Gasteiger partial charge in [-0.2, -0.15) is 5.10 Å². The fourth-order valence-electron chi connectivity index (χ4n) is 2.13. The molecule has 3 nitrogen and oxygen atoms in total. The normalized spacial score (nSPS) is 16.8. The average molecular weight is 237 g/mol. The predicted octanol–water partition coefficient (Wildman–Crippen LogP) is 2.77. The van der Waals surface area contributed by atoms with Crippen LogP contribution >= 0.6 is 0 Å². The van der Waals surface area contributed by atoms with Crippen LogP contribution in [0.15, 0.2) is 6.07 Å². The molecule has 0 saturated heterocycles. The quantitative estimate of drug-likeness (QED) is 0.827. The third kappa shape index (κ3) is 3.32. The van der Waals surface area contributed by atoms with Gasteiger partial charge in [0.2, 0.25) is 0 Å². The highest BCUT2D eigenvalue weighted by atomic mass is 15.3. The molecule has 0 aliphatic heterocycles. The molecule has 0 radical (unpaired) electrons. The topological polar surface area (TPSA) is 43.8 Å². The van der Waals surface area contributed by atoms with E-state index in [0.717, 1.165) is 25.8 Å². The fraction of sp³-hybridized carbons (Fsp3) is 0.786. The molecule has 1 heterocycles. The smallest absolute Gasteiger partial charge is 0.0624 e. The zero-order valence-electron chi connectivity index (χ0n) is 12.0. The molecule has 0 aliphatic carbocycles. The molecule has 2 N–H and O–H groups in total. The van der Waals surface area contributed by atoms with Crippen LogP contribution in [0.25, 0.3) is 0 Å². The third-order valence-electron chi connectivity index (χ3n) is 3.88. The summed E-state index contributed by atoms with van der Waals surface area (Å²) in [4.78, 5) is 0. The van der Waals surface area contributed by atoms with Crippen molar-refractivity contribution in [2.45, 2.75) is 66.0 Å². The van der Waals surface area contributed by atoms with Crippen molar-refractivity contribution in [2.75, 3.05) is 0 Å². The lowest BCUT2D eigenvalue weighted by atomic mass is 9.82. The average Bonchev–Trinajstić information content (AvgIpc) is 2.69. The number of nitrogens with two attached hydrogens (primary N) is 1. The van der Waals surface area contributed by atoms with Crippen molar-refractivity contribution in [3.05, 3.63) is 17.5 Å². The van der Waals surface area contributed by atoms with Crippen LogP contribution in [0.3, 0.4) is 0 Å². The largest absolute Gasteiger partial charge is 0.325 e. The lowest BCUT2D eigenvalue weighted by molar-refractivity contribution is 0.300. The minimum Gasteiger partial charge on any atom is -0.325 e. The van der Waals surface area contributed by atoms with Gasteiger partial charge in [0.05, 0.1) is 5.69 Å². The van der Waals surface area contributed by atoms with Crippen LogP contribution in [0, 0.1) is 5.92 Å². The zero-order chi connectivity index (χ0) is 13.1. The molecule has 0 aromatic carbocycles. The van der Waals surface area contributed by atoms with Crippen LogP contribution in [0.1, 0.15) is 52.4 Å². The number of hydrogen-bond acceptors (Lipinski definition) is 2. The van der Waals surface area contributed by atoms with Crippen molar-refractivity contribution in [3.63, 3.8) is 0 Å². The van der Waals surface area contributed by atoms with Crippen LogP contribution in [-0.2, 0) is 19.4 Å². The van der Waals surface area contributed by atoms with Crippen LogP contribution in [-0.4, -0.2) is 15.3 Å². The first-order valence-corrected chi connectivity index (χ1v) is 6.79. The van der Waals surface area contributed by atoms with E-state index in [9.17, 15) is 0 Å². The molecule has 1 rings (SSSR count). The van der Waals surface area contributed by atoms with Gasteiger partial charge in [0, 0.05) is 24.2 Å². The first kappa shape index (κ1) is 14.2. The third-order valence-corrected chi connectivity index (χ3v) is 3.88. The summed E-state index contributed by atoms with van der Waals surface area (Å²) in [5.74, 6) is 0.521. The lowest BCUT2D eigenvalue weighted by Gasteiger charge is -2.31. The minimum atomic E-state index is -0.146. The van der Waals surface area contributed by atoms with Gasteiger partial charge in [0.15, 0.2) is 0 Å². The molecule has 0 fully saturated rings. The van der Waals surface area contributed by atoms with Crippen LogP contribution in [0.2, 0.25) is 0 Å². The Morgan fingerprint density at radius 3 is 2.53 bits per heavy atom. The molecular weight excluding hydrogens is 210 g/mol. The molecular formula is C14H27N3. The summed E-state index contributed by atoms with van der Waals surface area (Å²) in [5.41, 5.74) is 8.73. The second kappa shape index (κ2) is 5.67. The Balaban J connectivity index is 2.89. The Hall–Kier alpha value is -0.830. The van der Waals surface area contributed by atoms with Crippen molar-refractivity contribution < 1.29 is 0 Å². The van der Waals surface area contributed by atoms with Crippen molar-refractivity contribution in [1.82, 2.24) is 9.78 Å². The van der Waals surface area contributed by atoms with Crippen LogP contribution in [0.5, 0.6) is 0 Å². The van der Waals surface area contributed by atoms with Gasteiger partial charge in [0.25, 0.3) is 0 Å². The van der Waals surface area contributed by atoms with Gasteiger partial charge in [-0.15, -0.1) is 0 Å². The summed E-state index contributed by atoms with van der Waals surface area (Å²) in [6, 6.07) is 2.21. The number of aromatic nitrogens is 2. The van der Waals surface area contributed by atoms with Crippen molar-refractivity contribution >= 4 is 0 Å². The zero-order valence-corrected chi connectivity index (χ0v) is 12.0. The van der Waals surface area contributed by atoms with E-state index in [1.54, 1.807) is 0 Å². The van der Waals surface area contributed by atoms with E-state index in [0.29, 0.717) is 5.92 Å². The van der Waals surface area contributed by atoms with Crippen molar-refractivity contribution in [1.29, 1.82) is 0 Å². The second-order valence-corrected chi connectivity index (χ2v) is 5.29. The number of rotatable bonds is 6. The highest BCUT2D eigenvalue weighted by Crippen LogP contribution is 2.22. The maximum absolute atomic E-state index is 6.44. The van der Waals surface area contributed by atoms with E-state index in [2.05, 4.69) is 50.5 Å². The molecule has 1 aromatic rings. The van der Waals surface area contributed by atoms with E-state index in [4.69, 9.17) is 5.73 Å². The van der Waals surface area contributed by atoms with E-state index in [1.807, 2.05) is 0 Å². The molecule has 0 bridgehead atoms. The fourth-order valence-corrected chi connectivity index (χ4v) is 2.13. The Bertz CT molecular complexity index is 352. The first-order valence-electron chi connectivity index (χ1n) is 6.79. The molecule has 2 atom stereocenters. The summed E-state index contributed by atoms with van der Waals surface area (Å²) in [6.07, 6.45) is 3.02. The summed E-state index contributed by atoms with van der Waals surface area (Å²) < 4.78 is 2.09. The molecule has 3 heteroatoms. The molecule has 1 aromatic heterocycles. The van der Waals surface area contributed by atoms with Crippen LogP contribution < -0.4 is 5.73 Å². The van der Waals surface area contributed by atoms with E-state index in [-0.39, 0.29) is 5.54 Å². The van der Waals surface area contributed by atoms with Crippen molar-refractivity contribution in [2.24, 2.45) is 11.7 Å². The predicted molar refractivity (Wildman–Crippen MR) is 73.0 cm³/mol. The number of aryl methyl sites for hydroxylation is 2. The van der Waals surface area contributed by atoms with Gasteiger partial charge in [-0.1, -0.05) is 27.2 Å². The van der Waals surface area contributed by atoms with Crippen LogP contribution in [0.4, 0.5) is 0 Å². The van der Waals surface area contributed by atoms with Gasteiger partial charge >= 0.3 is 0 Å². The highest BCUT2D eigenvalue weighted by molar-refractivity contribution is 5.14. The standard InChI is InChI=1S/C14H27N3/c1-6-11(4)14(5,15)10-13-9-12(7-2)16-17(13)8-3/h9,11H,6-8,10,15H2,1-5H3. The van der Waals surface area contributed by atoms with Gasteiger partial charge in [0.1, 0.15) is 0 Å². The lowest BCUT2D eigenvalue weighted by Crippen LogP contribution is -2.45. The molecule has 98 valence electrons. The Morgan fingerprint density at radius 2 is 2.06 bits per heavy atom. The molecule has 2 unspecified atom stereocenters. The van der Waals surface area contributed by atoms with E-state index in [1.165, 1.54) is 11.4 Å². The maximum atomic E-state index is 6.44. The minimum absolute atomic E-state index is 0.146. The molecule has 0 amide bonds. The van der Waals surface area contributed by atoms with Gasteiger partial charge in [-0.3, -0.25) is 4.68 Å². The van der Waals surface area contributed by atoms with Gasteiger partial charge in [-0.05, 0) is 32.3 Å². The summed E-state index contributed by atoms with van der Waals surface area (Å²) in [6.45, 7) is 11.8. The van der Waals surface area contributed by atoms with Gasteiger partial charge < -0.3 is 5.73 Å². The highest BCUT2D eigenvalue weighted by Gasteiger charge is 2.27. The summed E-state index contributed by atoms with van der Waals surface area (Å²) in [7, 11) is 0. The molecule has 17 heavy (non-hydrogen) atoms. The monoisotopic (exact) mass is 237 g/mol. The molecule has 0 spiro atoms. The Kier molecular flexibility index (Phi) is 4.75. The summed E-state index contributed by atoms with van der Waals surface area (Å²) >= 11 is 0. The van der Waals surface area contributed by atoms with Gasteiger partial charge in [-0.25, -0.2) is 0 Å². The summed E-state index contributed by atoms with van der Waals surface area (Å²) in [5, 5.41) is 4.58. The van der Waals surface area contributed by atoms with Crippen molar-refractivity contribution in [3.8, 4) is 0 Å². The maximum Gasteiger partial charge on any atom is 0.0624 e.